The van der Waals surface area contributed by atoms with E-state index in [9.17, 15) is 24.5 Å². The van der Waals surface area contributed by atoms with E-state index in [1.807, 2.05) is 0 Å². The Kier molecular flexibility index (Phi) is 7.99. The number of hydrogen-bond acceptors (Lipinski definition) is 8. The quantitative estimate of drug-likeness (QED) is 0.189. The zero-order valence-electron chi connectivity index (χ0n) is 21.7. The number of anilines is 1. The van der Waals surface area contributed by atoms with Crippen molar-refractivity contribution < 1.29 is 19.2 Å². The van der Waals surface area contributed by atoms with Gasteiger partial charge in [0, 0.05) is 27.9 Å². The number of non-ortho nitro benzene ring substituents is 1. The van der Waals surface area contributed by atoms with Crippen molar-refractivity contribution in [3.63, 3.8) is 0 Å². The summed E-state index contributed by atoms with van der Waals surface area (Å²) in [5.74, 6) is -3.00. The predicted molar refractivity (Wildman–Crippen MR) is 162 cm³/mol. The number of thiazole rings is 1. The highest BCUT2D eigenvalue weighted by Crippen LogP contribution is 2.40. The van der Waals surface area contributed by atoms with Crippen LogP contribution in [0.3, 0.4) is 0 Å². The third-order valence-corrected chi connectivity index (χ3v) is 8.32. The van der Waals surface area contributed by atoms with E-state index in [2.05, 4.69) is 5.32 Å². The number of benzene rings is 3. The molecule has 1 aliphatic rings. The standard InChI is InChI=1S/C29H20Cl2N4O6S/c1-41-29(38)23-22(18-10-3-5-12-20(18)31)24(26(36)33-16-8-6-9-17(14-16)35(39)40)28-34(25(23)32)27(37)21(42-28)13-15-7-2-4-11-19(15)30/h2-14,22H,32H2,1H3,(H,33,36)/b21-13+. The average Bonchev–Trinajstić information content (AvgIpc) is 3.29. The van der Waals surface area contributed by atoms with Gasteiger partial charge in [0.15, 0.2) is 0 Å². The van der Waals surface area contributed by atoms with Crippen LogP contribution < -0.4 is 25.8 Å². The number of nitro groups is 1. The molecule has 2 heterocycles. The number of aromatic nitrogens is 1. The maximum absolute atomic E-state index is 14.1. The van der Waals surface area contributed by atoms with Crippen LogP contribution in [0.1, 0.15) is 17.0 Å². The maximum atomic E-state index is 14.1. The first-order chi connectivity index (χ1) is 20.1. The van der Waals surface area contributed by atoms with Crippen LogP contribution in [0.15, 0.2) is 83.2 Å². The van der Waals surface area contributed by atoms with Crippen LogP contribution in [-0.2, 0) is 14.3 Å². The summed E-state index contributed by atoms with van der Waals surface area (Å²) in [6.07, 6.45) is 1.56. The lowest BCUT2D eigenvalue weighted by atomic mass is 9.82. The first-order valence-electron chi connectivity index (χ1n) is 12.2. The highest BCUT2D eigenvalue weighted by Gasteiger charge is 2.40. The van der Waals surface area contributed by atoms with Crippen LogP contribution in [0.25, 0.3) is 17.5 Å². The molecule has 5 rings (SSSR count). The fraction of sp³-hybridized carbons (Fsp3) is 0.0690. The minimum atomic E-state index is -1.16. The molecular formula is C29H20Cl2N4O6S. The van der Waals surface area contributed by atoms with E-state index in [0.29, 0.717) is 16.1 Å². The zero-order valence-corrected chi connectivity index (χ0v) is 24.0. The zero-order chi connectivity index (χ0) is 30.1. The summed E-state index contributed by atoms with van der Waals surface area (Å²) in [5.41, 5.74) is 6.48. The molecule has 4 aromatic rings. The number of nitrogens with one attached hydrogen (secondary N) is 1. The Morgan fingerprint density at radius 1 is 1.05 bits per heavy atom. The summed E-state index contributed by atoms with van der Waals surface area (Å²) in [6, 6.07) is 18.8. The van der Waals surface area contributed by atoms with Crippen LogP contribution in [0.2, 0.25) is 10.0 Å². The third-order valence-electron chi connectivity index (χ3n) is 6.52. The Labute approximate surface area is 251 Å². The highest BCUT2D eigenvalue weighted by atomic mass is 35.5. The lowest BCUT2D eigenvalue weighted by Gasteiger charge is -2.27. The molecule has 0 radical (unpaired) electrons. The fourth-order valence-electron chi connectivity index (χ4n) is 4.63. The van der Waals surface area contributed by atoms with Crippen molar-refractivity contribution in [1.82, 2.24) is 4.57 Å². The smallest absolute Gasteiger partial charge is 0.338 e. The monoisotopic (exact) mass is 622 g/mol. The van der Waals surface area contributed by atoms with E-state index in [0.717, 1.165) is 23.0 Å². The molecule has 3 N–H and O–H groups in total. The van der Waals surface area contributed by atoms with E-state index in [4.69, 9.17) is 33.7 Å². The van der Waals surface area contributed by atoms with Gasteiger partial charge in [0.1, 0.15) is 10.5 Å². The van der Waals surface area contributed by atoms with Gasteiger partial charge in [-0.25, -0.2) is 4.79 Å². The van der Waals surface area contributed by atoms with Gasteiger partial charge >= 0.3 is 5.97 Å². The Bertz CT molecular complexity index is 2000. The molecule has 0 saturated carbocycles. The molecule has 0 fully saturated rings. The van der Waals surface area contributed by atoms with E-state index in [1.54, 1.807) is 54.6 Å². The number of esters is 1. The highest BCUT2D eigenvalue weighted by molar-refractivity contribution is 7.07. The molecule has 0 aliphatic carbocycles. The van der Waals surface area contributed by atoms with Crippen molar-refractivity contribution in [2.45, 2.75) is 5.92 Å². The summed E-state index contributed by atoms with van der Waals surface area (Å²) in [5, 5.41) is 14.6. The molecular weight excluding hydrogens is 603 g/mol. The van der Waals surface area contributed by atoms with Gasteiger partial charge in [0.2, 0.25) is 0 Å². The first-order valence-corrected chi connectivity index (χ1v) is 13.8. The Hall–Kier alpha value is -4.71. The summed E-state index contributed by atoms with van der Waals surface area (Å²) in [4.78, 5) is 51.8. The van der Waals surface area contributed by atoms with Crippen LogP contribution in [0, 0.1) is 10.1 Å². The number of fused-ring (bicyclic) bond motifs is 1. The van der Waals surface area contributed by atoms with Gasteiger partial charge in [-0.1, -0.05) is 65.7 Å². The van der Waals surface area contributed by atoms with Crippen molar-refractivity contribution in [3.8, 4) is 0 Å². The molecule has 1 aliphatic heterocycles. The van der Waals surface area contributed by atoms with Gasteiger partial charge in [0.05, 0.1) is 33.6 Å². The fourth-order valence-corrected chi connectivity index (χ4v) is 6.23. The lowest BCUT2D eigenvalue weighted by Crippen LogP contribution is -2.42. The number of nitrogens with two attached hydrogens (primary N) is 1. The molecule has 3 aromatic carbocycles. The van der Waals surface area contributed by atoms with Crippen LogP contribution in [0.5, 0.6) is 0 Å². The minimum Gasteiger partial charge on any atom is -0.466 e. The normalized spacial score (nSPS) is 14.9. The Morgan fingerprint density at radius 2 is 1.74 bits per heavy atom. The minimum absolute atomic E-state index is 0.0369. The Balaban J connectivity index is 1.85. The van der Waals surface area contributed by atoms with Gasteiger partial charge in [0.25, 0.3) is 17.2 Å². The molecule has 13 heteroatoms. The summed E-state index contributed by atoms with van der Waals surface area (Å²) >= 11 is 13.9. The van der Waals surface area contributed by atoms with Crippen molar-refractivity contribution in [2.24, 2.45) is 5.73 Å². The molecule has 42 heavy (non-hydrogen) atoms. The molecule has 0 bridgehead atoms. The second kappa shape index (κ2) is 11.6. The lowest BCUT2D eigenvalue weighted by molar-refractivity contribution is -0.384. The average molecular weight is 623 g/mol. The predicted octanol–water partition coefficient (Wildman–Crippen LogP) is 3.84. The molecule has 10 nitrogen and oxygen atoms in total. The van der Waals surface area contributed by atoms with Gasteiger partial charge in [-0.2, -0.15) is 0 Å². The molecule has 1 aromatic heterocycles. The van der Waals surface area contributed by atoms with E-state index in [-0.39, 0.29) is 42.6 Å². The molecule has 1 atom stereocenters. The summed E-state index contributed by atoms with van der Waals surface area (Å²) < 4.78 is 6.44. The van der Waals surface area contributed by atoms with Crippen molar-refractivity contribution in [1.29, 1.82) is 0 Å². The Morgan fingerprint density at radius 3 is 2.40 bits per heavy atom. The van der Waals surface area contributed by atoms with Crippen molar-refractivity contribution in [2.75, 3.05) is 12.4 Å². The third kappa shape index (κ3) is 5.20. The molecule has 1 unspecified atom stereocenters. The SMILES string of the molecule is COC(=O)C1=C(N)n2c(s/c(=C/c3ccccc3Cl)c2=O)=C(C(=O)Nc2cccc([N+](=O)[O-])c2)C1c1ccccc1Cl. The molecule has 0 saturated heterocycles. The molecule has 212 valence electrons. The number of hydrogen-bond donors (Lipinski definition) is 2. The number of carbonyl (C=O) groups excluding carboxylic acids is 2. The number of methoxy groups -OCH3 is 1. The van der Waals surface area contributed by atoms with Gasteiger partial charge in [-0.15, -0.1) is 11.3 Å². The van der Waals surface area contributed by atoms with E-state index >= 15 is 0 Å². The number of nitrogens with zero attached hydrogens (tertiary/aromatic N) is 2. The first kappa shape index (κ1) is 28.8. The number of nitro benzene ring substituents is 1. The molecule has 0 spiro atoms. The number of amides is 1. The van der Waals surface area contributed by atoms with Crippen LogP contribution in [0.4, 0.5) is 11.4 Å². The number of halogens is 2. The van der Waals surface area contributed by atoms with E-state index in [1.165, 1.54) is 24.3 Å². The second-order valence-electron chi connectivity index (χ2n) is 9.00. The summed E-state index contributed by atoms with van der Waals surface area (Å²) in [7, 11) is 1.15. The van der Waals surface area contributed by atoms with Gasteiger partial charge < -0.3 is 15.8 Å². The number of carbonyl (C=O) groups is 2. The van der Waals surface area contributed by atoms with Crippen molar-refractivity contribution in [3.05, 3.63) is 129 Å². The van der Waals surface area contributed by atoms with Crippen LogP contribution in [-0.4, -0.2) is 28.5 Å². The largest absolute Gasteiger partial charge is 0.466 e. The topological polar surface area (TPSA) is 147 Å². The van der Waals surface area contributed by atoms with E-state index < -0.39 is 28.3 Å². The van der Waals surface area contributed by atoms with Crippen LogP contribution >= 0.6 is 34.5 Å². The number of ether oxygens (including phenoxy) is 1. The summed E-state index contributed by atoms with van der Waals surface area (Å²) in [6.45, 7) is 0. The van der Waals surface area contributed by atoms with Crippen molar-refractivity contribution >= 4 is 75.3 Å². The number of rotatable bonds is 6. The van der Waals surface area contributed by atoms with Gasteiger partial charge in [-0.3, -0.25) is 24.3 Å². The maximum Gasteiger partial charge on any atom is 0.338 e. The van der Waals surface area contributed by atoms with Gasteiger partial charge in [-0.05, 0) is 35.4 Å². The molecule has 1 amide bonds. The second-order valence-corrected chi connectivity index (χ2v) is 10.8.